The second-order valence-corrected chi connectivity index (χ2v) is 4.99. The molecule has 22 heavy (non-hydrogen) atoms. The van der Waals surface area contributed by atoms with Crippen LogP contribution in [0.1, 0.15) is 11.1 Å². The lowest BCUT2D eigenvalue weighted by Crippen LogP contribution is -2.30. The molecule has 0 heterocycles. The third-order valence-electron chi connectivity index (χ3n) is 2.82. The number of phenolic OH excluding ortho intramolecular Hbond substituents is 1. The van der Waals surface area contributed by atoms with Gasteiger partial charge in [-0.25, -0.2) is 0 Å². The lowest BCUT2D eigenvalue weighted by molar-refractivity contribution is -0.110. The van der Waals surface area contributed by atoms with Crippen LogP contribution in [0.25, 0.3) is 0 Å². The maximum atomic E-state index is 11.9. The summed E-state index contributed by atoms with van der Waals surface area (Å²) in [5, 5.41) is 16.1. The summed E-state index contributed by atoms with van der Waals surface area (Å²) in [7, 11) is 0. The van der Waals surface area contributed by atoms with Gasteiger partial charge >= 0.3 is 0 Å². The molecule has 1 amide bonds. The molecule has 0 bridgehead atoms. The van der Waals surface area contributed by atoms with Gasteiger partial charge in [-0.2, -0.15) is 5.10 Å². The normalized spacial score (nSPS) is 10.4. The zero-order chi connectivity index (χ0) is 15.9. The Morgan fingerprint density at radius 3 is 2.55 bits per heavy atom. The van der Waals surface area contributed by atoms with Crippen LogP contribution in [0.3, 0.4) is 0 Å². The van der Waals surface area contributed by atoms with Crippen molar-refractivity contribution < 1.29 is 9.90 Å². The molecule has 0 atom stereocenters. The van der Waals surface area contributed by atoms with Crippen molar-refractivity contribution in [3.63, 3.8) is 0 Å². The minimum absolute atomic E-state index is 0.0627. The van der Waals surface area contributed by atoms with Crippen LogP contribution in [0, 0.1) is 6.92 Å². The lowest BCUT2D eigenvalue weighted by atomic mass is 10.2. The third-order valence-corrected chi connectivity index (χ3v) is 3.10. The molecule has 0 unspecified atom stereocenters. The Labute approximate surface area is 133 Å². The van der Waals surface area contributed by atoms with Gasteiger partial charge in [0, 0.05) is 11.3 Å². The van der Waals surface area contributed by atoms with E-state index in [9.17, 15) is 9.90 Å². The van der Waals surface area contributed by atoms with E-state index in [2.05, 4.69) is 15.8 Å². The van der Waals surface area contributed by atoms with Crippen molar-refractivity contribution in [3.05, 3.63) is 59.7 Å². The molecule has 0 aromatic heterocycles. The van der Waals surface area contributed by atoms with Gasteiger partial charge in [-0.3, -0.25) is 10.2 Å². The van der Waals surface area contributed by atoms with Gasteiger partial charge in [-0.1, -0.05) is 42.0 Å². The summed E-state index contributed by atoms with van der Waals surface area (Å²) in [5.41, 5.74) is 4.75. The van der Waals surface area contributed by atoms with Gasteiger partial charge in [-0.15, -0.1) is 0 Å². The van der Waals surface area contributed by atoms with Crippen LogP contribution in [0.15, 0.2) is 53.6 Å². The van der Waals surface area contributed by atoms with E-state index >= 15 is 0 Å². The largest absolute Gasteiger partial charge is 0.507 e. The minimum atomic E-state index is -0.451. The quantitative estimate of drug-likeness (QED) is 0.462. The van der Waals surface area contributed by atoms with E-state index in [-0.39, 0.29) is 10.7 Å². The summed E-state index contributed by atoms with van der Waals surface area (Å²) < 4.78 is 0. The number of aromatic hydroxyl groups is 1. The molecule has 0 radical (unpaired) electrons. The summed E-state index contributed by atoms with van der Waals surface area (Å²) in [6.45, 7) is 1.96. The Morgan fingerprint density at radius 2 is 1.86 bits per heavy atom. The Hall–Kier alpha value is -2.73. The van der Waals surface area contributed by atoms with Gasteiger partial charge in [0.25, 0.3) is 5.91 Å². The fraction of sp³-hybridized carbons (Fsp3) is 0.0625. The maximum absolute atomic E-state index is 11.9. The van der Waals surface area contributed by atoms with Gasteiger partial charge in [0.15, 0.2) is 4.99 Å². The van der Waals surface area contributed by atoms with Crippen molar-refractivity contribution in [3.8, 4) is 5.75 Å². The molecule has 0 aliphatic carbocycles. The number of thiocarbonyl (C=S) groups is 1. The predicted octanol–water partition coefficient (Wildman–Crippen LogP) is 2.59. The monoisotopic (exact) mass is 313 g/mol. The molecule has 3 N–H and O–H groups in total. The zero-order valence-electron chi connectivity index (χ0n) is 11.9. The summed E-state index contributed by atoms with van der Waals surface area (Å²) in [6.07, 6.45) is 1.39. The van der Waals surface area contributed by atoms with Crippen molar-refractivity contribution in [1.82, 2.24) is 5.43 Å². The van der Waals surface area contributed by atoms with Crippen LogP contribution in [-0.2, 0) is 4.79 Å². The molecule has 0 saturated carbocycles. The van der Waals surface area contributed by atoms with E-state index in [1.807, 2.05) is 19.1 Å². The Bertz CT molecular complexity index is 712. The molecular formula is C16H15N3O2S. The van der Waals surface area contributed by atoms with Gasteiger partial charge in [0.05, 0.1) is 6.21 Å². The Morgan fingerprint density at radius 1 is 1.18 bits per heavy atom. The number of carbonyl (C=O) groups excluding carboxylic acids is 1. The summed E-state index contributed by atoms with van der Waals surface area (Å²) in [6, 6.07) is 14.1. The van der Waals surface area contributed by atoms with Crippen LogP contribution in [-0.4, -0.2) is 22.2 Å². The highest BCUT2D eigenvalue weighted by atomic mass is 32.1. The van der Waals surface area contributed by atoms with E-state index in [1.165, 1.54) is 6.21 Å². The summed E-state index contributed by atoms with van der Waals surface area (Å²) in [4.78, 5) is 11.8. The minimum Gasteiger partial charge on any atom is -0.507 e. The number of benzene rings is 2. The van der Waals surface area contributed by atoms with Gasteiger partial charge in [0.1, 0.15) is 5.75 Å². The molecule has 0 saturated heterocycles. The molecular weight excluding hydrogens is 298 g/mol. The van der Waals surface area contributed by atoms with E-state index in [1.54, 1.807) is 36.4 Å². The molecule has 0 aliphatic rings. The number of aryl methyl sites for hydroxylation is 1. The second-order valence-electron chi connectivity index (χ2n) is 4.58. The second kappa shape index (κ2) is 7.33. The number of hydrogen-bond acceptors (Lipinski definition) is 4. The van der Waals surface area contributed by atoms with Crippen molar-refractivity contribution in [2.24, 2.45) is 5.10 Å². The lowest BCUT2D eigenvalue weighted by Gasteiger charge is -2.06. The number of anilines is 1. The zero-order valence-corrected chi connectivity index (χ0v) is 12.7. The molecule has 0 aliphatic heterocycles. The highest BCUT2D eigenvalue weighted by Gasteiger charge is 2.08. The first kappa shape index (κ1) is 15.7. The van der Waals surface area contributed by atoms with Crippen molar-refractivity contribution >= 4 is 35.0 Å². The summed E-state index contributed by atoms with van der Waals surface area (Å²) >= 11 is 4.95. The molecule has 5 nitrogen and oxygen atoms in total. The Balaban J connectivity index is 1.90. The average Bonchev–Trinajstić information content (AvgIpc) is 2.51. The Kier molecular flexibility index (Phi) is 5.21. The van der Waals surface area contributed by atoms with Crippen molar-refractivity contribution in [2.45, 2.75) is 6.92 Å². The van der Waals surface area contributed by atoms with Crippen LogP contribution >= 0.6 is 12.2 Å². The first-order chi connectivity index (χ1) is 10.6. The highest BCUT2D eigenvalue weighted by molar-refractivity contribution is 7.82. The predicted molar refractivity (Wildman–Crippen MR) is 91.2 cm³/mol. The number of para-hydroxylation sites is 1. The number of carbonyl (C=O) groups is 1. The standard InChI is InChI=1S/C16H15N3O2S/c1-11-6-8-13(9-7-11)18-15(21)16(22)19-17-10-12-4-2-3-5-14(12)20/h2-10,20H,1H3,(H,18,21)(H,19,22)/b17-10+. The molecule has 112 valence electrons. The number of amides is 1. The summed E-state index contributed by atoms with van der Waals surface area (Å²) in [5.74, 6) is -0.351. The molecule has 6 heteroatoms. The topological polar surface area (TPSA) is 73.7 Å². The average molecular weight is 313 g/mol. The third kappa shape index (κ3) is 4.39. The van der Waals surface area contributed by atoms with E-state index in [0.29, 0.717) is 11.3 Å². The molecule has 0 spiro atoms. The van der Waals surface area contributed by atoms with Crippen LogP contribution in [0.4, 0.5) is 5.69 Å². The number of rotatable bonds is 3. The number of nitrogens with zero attached hydrogens (tertiary/aromatic N) is 1. The number of phenols is 1. The first-order valence-corrected chi connectivity index (χ1v) is 6.96. The van der Waals surface area contributed by atoms with E-state index in [0.717, 1.165) is 5.56 Å². The number of hydrogen-bond donors (Lipinski definition) is 3. The van der Waals surface area contributed by atoms with Gasteiger partial charge < -0.3 is 10.4 Å². The highest BCUT2D eigenvalue weighted by Crippen LogP contribution is 2.12. The van der Waals surface area contributed by atoms with Crippen LogP contribution < -0.4 is 10.7 Å². The fourth-order valence-corrected chi connectivity index (χ4v) is 1.74. The molecule has 2 rings (SSSR count). The number of hydrazone groups is 1. The van der Waals surface area contributed by atoms with E-state index in [4.69, 9.17) is 12.2 Å². The molecule has 2 aromatic carbocycles. The van der Waals surface area contributed by atoms with Crippen LogP contribution in [0.2, 0.25) is 0 Å². The van der Waals surface area contributed by atoms with Crippen molar-refractivity contribution in [2.75, 3.05) is 5.32 Å². The maximum Gasteiger partial charge on any atom is 0.284 e. The first-order valence-electron chi connectivity index (χ1n) is 6.55. The van der Waals surface area contributed by atoms with Crippen LogP contribution in [0.5, 0.6) is 5.75 Å². The molecule has 0 fully saturated rings. The smallest absolute Gasteiger partial charge is 0.284 e. The fourth-order valence-electron chi connectivity index (χ4n) is 1.63. The van der Waals surface area contributed by atoms with E-state index < -0.39 is 5.91 Å². The van der Waals surface area contributed by atoms with Crippen molar-refractivity contribution in [1.29, 1.82) is 0 Å². The van der Waals surface area contributed by atoms with Gasteiger partial charge in [-0.05, 0) is 31.2 Å². The number of nitrogens with one attached hydrogen (secondary N) is 2. The SMILES string of the molecule is Cc1ccc(NC(=O)C(=S)N/N=C/c2ccccc2O)cc1. The van der Waals surface area contributed by atoms with Gasteiger partial charge in [0.2, 0.25) is 0 Å². The molecule has 2 aromatic rings.